The maximum absolute atomic E-state index is 11.4. The van der Waals surface area contributed by atoms with Crippen LogP contribution in [-0.2, 0) is 11.2 Å². The Balaban J connectivity index is 2.11. The van der Waals surface area contributed by atoms with E-state index in [0.717, 1.165) is 14.9 Å². The van der Waals surface area contributed by atoms with E-state index < -0.39 is 11.2 Å². The van der Waals surface area contributed by atoms with Crippen molar-refractivity contribution in [2.24, 2.45) is 0 Å². The number of hydrogen-bond acceptors (Lipinski definition) is 2. The Morgan fingerprint density at radius 2 is 1.95 bits per heavy atom. The van der Waals surface area contributed by atoms with Crippen LogP contribution in [0.25, 0.3) is 0 Å². The molecule has 0 fully saturated rings. The lowest BCUT2D eigenvalue weighted by atomic mass is 10.1. The van der Waals surface area contributed by atoms with Crippen molar-refractivity contribution in [2.75, 3.05) is 0 Å². The van der Waals surface area contributed by atoms with Gasteiger partial charge in [-0.3, -0.25) is 4.79 Å². The standard InChI is InChI=1S/C15H12BrClO2S/c16-11-3-1-2-10(8-11)9-14(15(18)19)20-13-6-4-12(17)5-7-13/h1-8,14H,9H2,(H,18,19)/t14-/m0/s1. The third-order valence-corrected chi connectivity index (χ3v) is 4.62. The first kappa shape index (κ1) is 15.4. The highest BCUT2D eigenvalue weighted by Gasteiger charge is 2.19. The van der Waals surface area contributed by atoms with Crippen molar-refractivity contribution in [1.82, 2.24) is 0 Å². The molecule has 2 aromatic rings. The van der Waals surface area contributed by atoms with Crippen molar-refractivity contribution >= 4 is 45.3 Å². The van der Waals surface area contributed by atoms with Crippen LogP contribution in [0, 0.1) is 0 Å². The first-order chi connectivity index (χ1) is 9.54. The number of benzene rings is 2. The molecule has 0 spiro atoms. The Morgan fingerprint density at radius 3 is 2.55 bits per heavy atom. The lowest BCUT2D eigenvalue weighted by Crippen LogP contribution is -2.19. The number of carboxylic acid groups (broad SMARTS) is 1. The van der Waals surface area contributed by atoms with Crippen molar-refractivity contribution in [3.8, 4) is 0 Å². The van der Waals surface area contributed by atoms with E-state index in [1.54, 1.807) is 12.1 Å². The quantitative estimate of drug-likeness (QED) is 0.760. The Kier molecular flexibility index (Phi) is 5.52. The van der Waals surface area contributed by atoms with Crippen LogP contribution < -0.4 is 0 Å². The average Bonchev–Trinajstić information content (AvgIpc) is 2.40. The van der Waals surface area contributed by atoms with Gasteiger partial charge in [-0.25, -0.2) is 0 Å². The van der Waals surface area contributed by atoms with Crippen molar-refractivity contribution < 1.29 is 9.90 Å². The lowest BCUT2D eigenvalue weighted by molar-refractivity contribution is -0.136. The van der Waals surface area contributed by atoms with Gasteiger partial charge in [0.2, 0.25) is 0 Å². The normalized spacial score (nSPS) is 12.1. The van der Waals surface area contributed by atoms with Crippen molar-refractivity contribution in [3.05, 3.63) is 63.6 Å². The molecule has 20 heavy (non-hydrogen) atoms. The third-order valence-electron chi connectivity index (χ3n) is 2.68. The largest absolute Gasteiger partial charge is 0.480 e. The molecule has 0 unspecified atom stereocenters. The van der Waals surface area contributed by atoms with Gasteiger partial charge >= 0.3 is 5.97 Å². The summed E-state index contributed by atoms with van der Waals surface area (Å²) in [6.07, 6.45) is 0.474. The number of rotatable bonds is 5. The Bertz CT molecular complexity index is 601. The fourth-order valence-electron chi connectivity index (χ4n) is 1.73. The van der Waals surface area contributed by atoms with E-state index in [4.69, 9.17) is 11.6 Å². The fourth-order valence-corrected chi connectivity index (χ4v) is 3.31. The number of carbonyl (C=O) groups is 1. The highest BCUT2D eigenvalue weighted by atomic mass is 79.9. The van der Waals surface area contributed by atoms with Crippen molar-refractivity contribution in [1.29, 1.82) is 0 Å². The number of aliphatic carboxylic acids is 1. The summed E-state index contributed by atoms with van der Waals surface area (Å²) >= 11 is 10.6. The van der Waals surface area contributed by atoms with E-state index in [0.29, 0.717) is 11.4 Å². The van der Waals surface area contributed by atoms with E-state index >= 15 is 0 Å². The second-order valence-electron chi connectivity index (χ2n) is 4.23. The molecule has 0 aliphatic rings. The molecular weight excluding hydrogens is 360 g/mol. The van der Waals surface area contributed by atoms with E-state index in [9.17, 15) is 9.90 Å². The fraction of sp³-hybridized carbons (Fsp3) is 0.133. The van der Waals surface area contributed by atoms with Gasteiger partial charge in [-0.05, 0) is 48.4 Å². The molecule has 5 heteroatoms. The summed E-state index contributed by atoms with van der Waals surface area (Å²) in [5.41, 5.74) is 0.994. The molecule has 0 saturated carbocycles. The number of hydrogen-bond donors (Lipinski definition) is 1. The molecule has 1 N–H and O–H groups in total. The van der Waals surface area contributed by atoms with Gasteiger partial charge in [-0.15, -0.1) is 11.8 Å². The van der Waals surface area contributed by atoms with Gasteiger partial charge in [-0.1, -0.05) is 39.7 Å². The summed E-state index contributed by atoms with van der Waals surface area (Å²) < 4.78 is 0.954. The van der Waals surface area contributed by atoms with Crippen LogP contribution >= 0.6 is 39.3 Å². The molecule has 0 saturated heterocycles. The molecule has 0 bridgehead atoms. The summed E-state index contributed by atoms with van der Waals surface area (Å²) in [7, 11) is 0. The van der Waals surface area contributed by atoms with Gasteiger partial charge < -0.3 is 5.11 Å². The molecule has 104 valence electrons. The molecule has 0 aliphatic heterocycles. The highest BCUT2D eigenvalue weighted by Crippen LogP contribution is 2.28. The zero-order valence-corrected chi connectivity index (χ0v) is 13.6. The first-order valence-electron chi connectivity index (χ1n) is 5.94. The van der Waals surface area contributed by atoms with Gasteiger partial charge in [0.05, 0.1) is 0 Å². The molecular formula is C15H12BrClO2S. The summed E-state index contributed by atoms with van der Waals surface area (Å²) in [6, 6.07) is 14.9. The summed E-state index contributed by atoms with van der Waals surface area (Å²) in [5.74, 6) is -0.815. The van der Waals surface area contributed by atoms with Crippen molar-refractivity contribution in [2.45, 2.75) is 16.6 Å². The van der Waals surface area contributed by atoms with Gasteiger partial charge in [0.1, 0.15) is 5.25 Å². The van der Waals surface area contributed by atoms with Crippen LogP contribution in [0.4, 0.5) is 0 Å². The lowest BCUT2D eigenvalue weighted by Gasteiger charge is -2.12. The second-order valence-corrected chi connectivity index (χ2v) is 6.86. The smallest absolute Gasteiger partial charge is 0.317 e. The minimum absolute atomic E-state index is 0.474. The van der Waals surface area contributed by atoms with Crippen LogP contribution in [0.15, 0.2) is 57.9 Å². The van der Waals surface area contributed by atoms with Crippen LogP contribution in [0.5, 0.6) is 0 Å². The molecule has 0 aromatic heterocycles. The van der Waals surface area contributed by atoms with Gasteiger partial charge in [0.25, 0.3) is 0 Å². The van der Waals surface area contributed by atoms with Crippen LogP contribution in [0.3, 0.4) is 0 Å². The monoisotopic (exact) mass is 370 g/mol. The summed E-state index contributed by atoms with van der Waals surface area (Å²) in [4.78, 5) is 12.3. The molecule has 0 heterocycles. The molecule has 2 nitrogen and oxygen atoms in total. The summed E-state index contributed by atoms with van der Waals surface area (Å²) in [5, 5.41) is 9.48. The zero-order chi connectivity index (χ0) is 14.5. The molecule has 1 atom stereocenters. The molecule has 2 aromatic carbocycles. The van der Waals surface area contributed by atoms with E-state index in [1.807, 2.05) is 36.4 Å². The SMILES string of the molecule is O=C(O)[C@H](Cc1cccc(Br)c1)Sc1ccc(Cl)cc1. The van der Waals surface area contributed by atoms with E-state index in [-0.39, 0.29) is 0 Å². The van der Waals surface area contributed by atoms with Crippen LogP contribution in [0.1, 0.15) is 5.56 Å². The Labute approximate surface area is 135 Å². The maximum atomic E-state index is 11.4. The van der Waals surface area contributed by atoms with Gasteiger partial charge in [0.15, 0.2) is 0 Å². The Hall–Kier alpha value is -0.970. The predicted molar refractivity (Wildman–Crippen MR) is 86.6 cm³/mol. The topological polar surface area (TPSA) is 37.3 Å². The molecule has 0 amide bonds. The number of carboxylic acids is 1. The molecule has 2 rings (SSSR count). The highest BCUT2D eigenvalue weighted by molar-refractivity contribution is 9.10. The van der Waals surface area contributed by atoms with Crippen LogP contribution in [-0.4, -0.2) is 16.3 Å². The third kappa shape index (κ3) is 4.54. The predicted octanol–water partition coefficient (Wildman–Crippen LogP) is 4.89. The van der Waals surface area contributed by atoms with Gasteiger partial charge in [0, 0.05) is 14.4 Å². The Morgan fingerprint density at radius 1 is 1.25 bits per heavy atom. The number of halogens is 2. The van der Waals surface area contributed by atoms with Crippen LogP contribution in [0.2, 0.25) is 5.02 Å². The van der Waals surface area contributed by atoms with E-state index in [1.165, 1.54) is 11.8 Å². The van der Waals surface area contributed by atoms with E-state index in [2.05, 4.69) is 15.9 Å². The maximum Gasteiger partial charge on any atom is 0.317 e. The minimum atomic E-state index is -0.815. The minimum Gasteiger partial charge on any atom is -0.480 e. The first-order valence-corrected chi connectivity index (χ1v) is 7.99. The molecule has 0 aliphatic carbocycles. The molecule has 0 radical (unpaired) electrons. The average molecular weight is 372 g/mol. The summed E-state index contributed by atoms with van der Waals surface area (Å²) in [6.45, 7) is 0. The van der Waals surface area contributed by atoms with Crippen molar-refractivity contribution in [3.63, 3.8) is 0 Å². The van der Waals surface area contributed by atoms with Gasteiger partial charge in [-0.2, -0.15) is 0 Å². The zero-order valence-electron chi connectivity index (χ0n) is 10.4. The number of thioether (sulfide) groups is 1. The second kappa shape index (κ2) is 7.16.